The van der Waals surface area contributed by atoms with Crippen molar-refractivity contribution in [2.45, 2.75) is 86.0 Å². The van der Waals surface area contributed by atoms with Crippen LogP contribution < -0.4 is 15.3 Å². The van der Waals surface area contributed by atoms with Crippen molar-refractivity contribution < 1.29 is 63.8 Å². The summed E-state index contributed by atoms with van der Waals surface area (Å²) in [5.41, 5.74) is 0. The topological polar surface area (TPSA) is 140 Å². The van der Waals surface area contributed by atoms with Gasteiger partial charge in [-0.15, -0.1) is 0 Å². The number of carboxylic acid groups (broad SMARTS) is 3. The van der Waals surface area contributed by atoms with Gasteiger partial charge in [0.2, 0.25) is 0 Å². The second-order valence-corrected chi connectivity index (χ2v) is 13.4. The van der Waals surface area contributed by atoms with E-state index in [0.717, 1.165) is 45.4 Å². The van der Waals surface area contributed by atoms with Crippen molar-refractivity contribution in [3.8, 4) is 0 Å². The molecule has 2 saturated heterocycles. The summed E-state index contributed by atoms with van der Waals surface area (Å²) in [6.07, 6.45) is 7.04. The predicted octanol–water partition coefficient (Wildman–Crippen LogP) is 0.247. The van der Waals surface area contributed by atoms with E-state index in [9.17, 15) is 19.8 Å². The first-order valence-corrected chi connectivity index (χ1v) is 18.2. The molecule has 0 spiro atoms. The van der Waals surface area contributed by atoms with Gasteiger partial charge in [-0.3, -0.25) is 0 Å². The summed E-state index contributed by atoms with van der Waals surface area (Å²) < 4.78 is 0. The molecule has 50 heavy (non-hydrogen) atoms. The summed E-state index contributed by atoms with van der Waals surface area (Å²) in [7, 11) is 13.2. The Balaban J connectivity index is -0.000000172. The number of hydrogen-bond acceptors (Lipinski definition) is 12. The molecule has 0 aromatic carbocycles. The molecule has 2 aliphatic rings. The van der Waals surface area contributed by atoms with Gasteiger partial charge in [0.25, 0.3) is 0 Å². The summed E-state index contributed by atoms with van der Waals surface area (Å²) in [4.78, 5) is 43.9. The van der Waals surface area contributed by atoms with Gasteiger partial charge in [0, 0.05) is 96.4 Å². The van der Waals surface area contributed by atoms with E-state index in [1.165, 1.54) is 78.5 Å². The first-order valence-electron chi connectivity index (χ1n) is 18.2. The van der Waals surface area contributed by atoms with Crippen molar-refractivity contribution in [2.75, 3.05) is 121 Å². The van der Waals surface area contributed by atoms with E-state index >= 15 is 0 Å². The average Bonchev–Trinajstić information content (AvgIpc) is 3.14. The molecular weight excluding hydrogens is 722 g/mol. The maximum absolute atomic E-state index is 10.3. The standard InChI is InChI=1S/2C9H21N3.2C8H16O2.C2H4O2.2Mn/c2*1-10-4-6-11(2)8-9-12(3)7-5-10;2*1-3-5-6-7(4-2)8(9)10;1-2(3)4;;/h2*4-9H2,1-3H3;2*7H,3-6H2,1-2H3,(H,9,10);1H3,(H,3,4);;/q;;;;;2*+3/p-3. The number of carboxylic acids is 3. The van der Waals surface area contributed by atoms with Crippen molar-refractivity contribution >= 4 is 17.9 Å². The van der Waals surface area contributed by atoms with E-state index in [2.05, 4.69) is 85.5 Å². The van der Waals surface area contributed by atoms with Gasteiger partial charge in [-0.2, -0.15) is 0 Å². The fourth-order valence-electron chi connectivity index (χ4n) is 4.60. The van der Waals surface area contributed by atoms with E-state index in [0.29, 0.717) is 12.8 Å². The zero-order chi connectivity index (χ0) is 37.5. The minimum atomic E-state index is -1.08. The molecule has 0 amide bonds. The molecule has 12 nitrogen and oxygen atoms in total. The van der Waals surface area contributed by atoms with Crippen molar-refractivity contribution in [2.24, 2.45) is 11.8 Å². The second kappa shape index (κ2) is 39.4. The molecule has 2 unspecified atom stereocenters. The number of likely N-dealkylation sites (N-methyl/N-ethyl adjacent to an activating group) is 6. The Kier molecular flexibility index (Phi) is 46.1. The van der Waals surface area contributed by atoms with Crippen LogP contribution in [0.25, 0.3) is 0 Å². The largest absolute Gasteiger partial charge is 3.00 e. The fraction of sp³-hybridized carbons (Fsp3) is 0.917. The normalized spacial score (nSPS) is 18.3. The smallest absolute Gasteiger partial charge is 0.550 e. The van der Waals surface area contributed by atoms with Crippen LogP contribution in [0.5, 0.6) is 0 Å². The molecule has 0 aromatic rings. The van der Waals surface area contributed by atoms with Gasteiger partial charge in [-0.25, -0.2) is 0 Å². The molecule has 296 valence electrons. The third-order valence-electron chi connectivity index (χ3n) is 8.65. The van der Waals surface area contributed by atoms with Crippen LogP contribution in [0.4, 0.5) is 0 Å². The van der Waals surface area contributed by atoms with Gasteiger partial charge in [0.1, 0.15) is 0 Å². The Hall–Kier alpha value is -0.791. The second-order valence-electron chi connectivity index (χ2n) is 13.4. The number of rotatable bonds is 10. The zero-order valence-electron chi connectivity index (χ0n) is 33.7. The Morgan fingerprint density at radius 3 is 0.720 bits per heavy atom. The minimum Gasteiger partial charge on any atom is -0.550 e. The van der Waals surface area contributed by atoms with E-state index in [1.54, 1.807) is 0 Å². The Bertz CT molecular complexity index is 658. The van der Waals surface area contributed by atoms with Gasteiger partial charge in [-0.1, -0.05) is 53.4 Å². The first-order chi connectivity index (χ1) is 22.5. The Morgan fingerprint density at radius 2 is 0.620 bits per heavy atom. The zero-order valence-corrected chi connectivity index (χ0v) is 36.0. The predicted molar refractivity (Wildman–Crippen MR) is 192 cm³/mol. The van der Waals surface area contributed by atoms with Crippen LogP contribution in [0.3, 0.4) is 0 Å². The van der Waals surface area contributed by atoms with Crippen molar-refractivity contribution in [1.29, 1.82) is 0 Å². The molecule has 2 rings (SSSR count). The summed E-state index contributed by atoms with van der Waals surface area (Å²) in [5.74, 6) is -3.31. The van der Waals surface area contributed by atoms with Crippen molar-refractivity contribution in [1.82, 2.24) is 29.4 Å². The third kappa shape index (κ3) is 41.6. The number of nitrogens with zero attached hydrogens (tertiary/aromatic N) is 6. The number of hydrogen-bond donors (Lipinski definition) is 0. The van der Waals surface area contributed by atoms with E-state index in [-0.39, 0.29) is 46.0 Å². The molecule has 0 saturated carbocycles. The molecule has 0 N–H and O–H groups in total. The molecule has 2 heterocycles. The summed E-state index contributed by atoms with van der Waals surface area (Å²) in [6, 6.07) is 0. The van der Waals surface area contributed by atoms with E-state index in [1.807, 2.05) is 13.8 Å². The fourth-order valence-corrected chi connectivity index (χ4v) is 4.60. The minimum absolute atomic E-state index is 0. The number of carbonyl (C=O) groups excluding carboxylic acids is 3. The molecular formula is C36H75Mn2N6O6+3. The third-order valence-corrected chi connectivity index (χ3v) is 8.65. The van der Waals surface area contributed by atoms with E-state index in [4.69, 9.17) is 9.90 Å². The van der Waals surface area contributed by atoms with Crippen LogP contribution in [-0.2, 0) is 48.5 Å². The molecule has 14 heteroatoms. The van der Waals surface area contributed by atoms with Gasteiger partial charge < -0.3 is 59.1 Å². The molecule has 0 radical (unpaired) electrons. The van der Waals surface area contributed by atoms with Gasteiger partial charge in [0.05, 0.1) is 0 Å². The molecule has 2 atom stereocenters. The van der Waals surface area contributed by atoms with Gasteiger partial charge in [-0.05, 0) is 86.7 Å². The monoisotopic (exact) mass is 797 g/mol. The summed E-state index contributed by atoms with van der Waals surface area (Å²) in [6.45, 7) is 23.2. The van der Waals surface area contributed by atoms with Crippen LogP contribution in [0.2, 0.25) is 0 Å². The molecule has 0 aliphatic carbocycles. The van der Waals surface area contributed by atoms with Gasteiger partial charge in [0.15, 0.2) is 0 Å². The first kappa shape index (κ1) is 58.5. The van der Waals surface area contributed by atoms with Crippen LogP contribution in [0, 0.1) is 11.8 Å². The molecule has 2 aliphatic heterocycles. The number of carbonyl (C=O) groups is 3. The number of aliphatic carboxylic acids is 3. The van der Waals surface area contributed by atoms with Gasteiger partial charge >= 0.3 is 34.1 Å². The van der Waals surface area contributed by atoms with E-state index < -0.39 is 17.9 Å². The molecule has 0 aromatic heterocycles. The van der Waals surface area contributed by atoms with Crippen LogP contribution in [0.15, 0.2) is 0 Å². The van der Waals surface area contributed by atoms with Crippen LogP contribution in [0.1, 0.15) is 86.0 Å². The summed E-state index contributed by atoms with van der Waals surface area (Å²) >= 11 is 0. The quantitative estimate of drug-likeness (QED) is 0.280. The average molecular weight is 798 g/mol. The SMILES string of the molecule is CC(=O)[O-].CCCCC(CC)C(=O)[O-].CCCCC(CC)C(=O)[O-].CN1CCN(C)CCN(C)CC1.CN1CCN(C)CCN(C)CC1.[Mn+3].[Mn+3]. The van der Waals surface area contributed by atoms with Crippen molar-refractivity contribution in [3.05, 3.63) is 0 Å². The molecule has 0 bridgehead atoms. The van der Waals surface area contributed by atoms with Crippen LogP contribution in [-0.4, -0.2) is 168 Å². The summed E-state index contributed by atoms with van der Waals surface area (Å²) in [5, 5.41) is 29.5. The maximum atomic E-state index is 10.3. The molecule has 2 fully saturated rings. The number of unbranched alkanes of at least 4 members (excludes halogenated alkanes) is 2. The maximum Gasteiger partial charge on any atom is 3.00 e. The van der Waals surface area contributed by atoms with Crippen molar-refractivity contribution in [3.63, 3.8) is 0 Å². The Labute approximate surface area is 328 Å². The van der Waals surface area contributed by atoms with Crippen LogP contribution >= 0.6 is 0 Å². The Morgan fingerprint density at radius 1 is 0.460 bits per heavy atom.